The van der Waals surface area contributed by atoms with Crippen molar-refractivity contribution in [2.45, 2.75) is 58.6 Å². The van der Waals surface area contributed by atoms with Crippen molar-refractivity contribution in [3.05, 3.63) is 59.2 Å². The highest BCUT2D eigenvalue weighted by molar-refractivity contribution is 7.98. The van der Waals surface area contributed by atoms with Gasteiger partial charge in [0.2, 0.25) is 0 Å². The number of rotatable bonds is 10. The molecule has 1 atom stereocenters. The van der Waals surface area contributed by atoms with E-state index in [4.69, 9.17) is 9.84 Å². The molecule has 6 nitrogen and oxygen atoms in total. The van der Waals surface area contributed by atoms with Crippen molar-refractivity contribution in [3.63, 3.8) is 0 Å². The summed E-state index contributed by atoms with van der Waals surface area (Å²) < 4.78 is 5.52. The normalized spacial score (nSPS) is 12.2. The van der Waals surface area contributed by atoms with Crippen molar-refractivity contribution in [1.82, 2.24) is 5.32 Å². The summed E-state index contributed by atoms with van der Waals surface area (Å²) in [6.45, 7) is 7.35. The van der Waals surface area contributed by atoms with Gasteiger partial charge in [-0.2, -0.15) is 11.8 Å². The molecule has 0 aliphatic carbocycles. The molecule has 0 heterocycles. The number of carbonyl (C=O) groups is 3. The molecule has 0 saturated carbocycles. The number of hydrogen-bond acceptors (Lipinski definition) is 5. The molecule has 0 aliphatic rings. The smallest absolute Gasteiger partial charge is 0.329 e. The summed E-state index contributed by atoms with van der Waals surface area (Å²) in [6.07, 6.45) is 2.77. The van der Waals surface area contributed by atoms with Gasteiger partial charge in [-0.05, 0) is 80.9 Å². The van der Waals surface area contributed by atoms with E-state index >= 15 is 0 Å². The van der Waals surface area contributed by atoms with E-state index in [9.17, 15) is 14.4 Å². The lowest BCUT2D eigenvalue weighted by molar-refractivity contribution is -0.157. The van der Waals surface area contributed by atoms with Gasteiger partial charge < -0.3 is 15.2 Å². The van der Waals surface area contributed by atoms with Crippen LogP contribution in [-0.2, 0) is 20.7 Å². The van der Waals surface area contributed by atoms with Crippen LogP contribution < -0.4 is 5.32 Å². The molecule has 2 aromatic rings. The van der Waals surface area contributed by atoms with Crippen LogP contribution in [0.1, 0.15) is 55.1 Å². The summed E-state index contributed by atoms with van der Waals surface area (Å²) in [6, 6.07) is 12.3. The third kappa shape index (κ3) is 8.24. The van der Waals surface area contributed by atoms with Crippen molar-refractivity contribution in [1.29, 1.82) is 0 Å². The molecule has 0 bridgehead atoms. The van der Waals surface area contributed by atoms with Gasteiger partial charge in [0.15, 0.2) is 0 Å². The molecule has 0 fully saturated rings. The number of carboxylic acids is 1. The SMILES string of the molecule is CSCC[C@H](NC(=O)c1ccc(CCC(=O)O)cc1-c1ccccc1C)C(=O)OC(C)(C)C. The van der Waals surface area contributed by atoms with Crippen LogP contribution in [0.2, 0.25) is 0 Å². The number of carboxylic acid groups (broad SMARTS) is 1. The highest BCUT2D eigenvalue weighted by Crippen LogP contribution is 2.29. The Labute approximate surface area is 200 Å². The summed E-state index contributed by atoms with van der Waals surface area (Å²) in [4.78, 5) is 37.1. The maximum absolute atomic E-state index is 13.4. The number of esters is 1. The lowest BCUT2D eigenvalue weighted by Gasteiger charge is -2.25. The van der Waals surface area contributed by atoms with E-state index in [1.54, 1.807) is 44.7 Å². The molecule has 7 heteroatoms. The van der Waals surface area contributed by atoms with Crippen LogP contribution in [0.15, 0.2) is 42.5 Å². The molecule has 0 aromatic heterocycles. The van der Waals surface area contributed by atoms with Crippen LogP contribution in [0, 0.1) is 6.92 Å². The van der Waals surface area contributed by atoms with Gasteiger partial charge >= 0.3 is 11.9 Å². The number of aliphatic carboxylic acids is 1. The van der Waals surface area contributed by atoms with Gasteiger partial charge in [-0.3, -0.25) is 9.59 Å². The first kappa shape index (κ1) is 26.5. The predicted octanol–water partition coefficient (Wildman–Crippen LogP) is 4.87. The van der Waals surface area contributed by atoms with E-state index in [0.29, 0.717) is 29.7 Å². The number of amides is 1. The molecular formula is C26H33NO5S. The van der Waals surface area contributed by atoms with Crippen LogP contribution in [0.3, 0.4) is 0 Å². The molecule has 178 valence electrons. The second-order valence-electron chi connectivity index (χ2n) is 8.93. The largest absolute Gasteiger partial charge is 0.481 e. The van der Waals surface area contributed by atoms with Crippen LogP contribution in [0.5, 0.6) is 0 Å². The van der Waals surface area contributed by atoms with Crippen molar-refractivity contribution < 1.29 is 24.2 Å². The first-order chi connectivity index (χ1) is 15.5. The van der Waals surface area contributed by atoms with E-state index in [0.717, 1.165) is 16.7 Å². The second-order valence-corrected chi connectivity index (χ2v) is 9.92. The second kappa shape index (κ2) is 11.9. The topological polar surface area (TPSA) is 92.7 Å². The zero-order chi connectivity index (χ0) is 24.6. The maximum Gasteiger partial charge on any atom is 0.329 e. The van der Waals surface area contributed by atoms with Gasteiger partial charge in [0.1, 0.15) is 11.6 Å². The van der Waals surface area contributed by atoms with Crippen LogP contribution >= 0.6 is 11.8 Å². The number of ether oxygens (including phenoxy) is 1. The Morgan fingerprint density at radius 1 is 1.09 bits per heavy atom. The van der Waals surface area contributed by atoms with Gasteiger partial charge in [0.25, 0.3) is 5.91 Å². The van der Waals surface area contributed by atoms with E-state index < -0.39 is 23.6 Å². The monoisotopic (exact) mass is 471 g/mol. The number of thioether (sulfide) groups is 1. The molecule has 0 aliphatic heterocycles. The van der Waals surface area contributed by atoms with Gasteiger partial charge in [-0.25, -0.2) is 4.79 Å². The molecule has 0 saturated heterocycles. The van der Waals surface area contributed by atoms with E-state index in [1.165, 1.54) is 0 Å². The molecule has 2 rings (SSSR count). The molecule has 2 N–H and O–H groups in total. The van der Waals surface area contributed by atoms with Crippen LogP contribution in [0.25, 0.3) is 11.1 Å². The summed E-state index contributed by atoms with van der Waals surface area (Å²) in [5.74, 6) is -0.998. The molecule has 0 unspecified atom stereocenters. The lowest BCUT2D eigenvalue weighted by atomic mass is 9.92. The fourth-order valence-electron chi connectivity index (χ4n) is 3.39. The van der Waals surface area contributed by atoms with Crippen LogP contribution in [-0.4, -0.2) is 46.6 Å². The highest BCUT2D eigenvalue weighted by Gasteiger charge is 2.27. The molecule has 0 spiro atoms. The molecule has 33 heavy (non-hydrogen) atoms. The summed E-state index contributed by atoms with van der Waals surface area (Å²) in [5, 5.41) is 11.9. The third-order valence-electron chi connectivity index (χ3n) is 5.00. The van der Waals surface area contributed by atoms with E-state index in [1.807, 2.05) is 43.5 Å². The minimum absolute atomic E-state index is 0.00809. The van der Waals surface area contributed by atoms with Gasteiger partial charge in [0, 0.05) is 12.0 Å². The lowest BCUT2D eigenvalue weighted by Crippen LogP contribution is -2.44. The zero-order valence-electron chi connectivity index (χ0n) is 19.9. The third-order valence-corrected chi connectivity index (χ3v) is 5.64. The number of benzene rings is 2. The average Bonchev–Trinajstić information content (AvgIpc) is 2.74. The minimum atomic E-state index is -0.872. The van der Waals surface area contributed by atoms with E-state index in [-0.39, 0.29) is 12.3 Å². The molecule has 2 aromatic carbocycles. The number of carbonyl (C=O) groups excluding carboxylic acids is 2. The zero-order valence-corrected chi connectivity index (χ0v) is 20.8. The summed E-state index contributed by atoms with van der Waals surface area (Å²) in [7, 11) is 0. The Bertz CT molecular complexity index is 996. The highest BCUT2D eigenvalue weighted by atomic mass is 32.2. The number of hydrogen-bond donors (Lipinski definition) is 2. The van der Waals surface area contributed by atoms with Crippen LogP contribution in [0.4, 0.5) is 0 Å². The van der Waals surface area contributed by atoms with E-state index in [2.05, 4.69) is 5.32 Å². The summed E-state index contributed by atoms with van der Waals surface area (Å²) >= 11 is 1.59. The number of nitrogens with one attached hydrogen (secondary N) is 1. The fraction of sp³-hybridized carbons (Fsp3) is 0.423. The fourth-order valence-corrected chi connectivity index (χ4v) is 3.86. The molecular weight excluding hydrogens is 438 g/mol. The van der Waals surface area contributed by atoms with Crippen molar-refractivity contribution >= 4 is 29.6 Å². The van der Waals surface area contributed by atoms with Crippen molar-refractivity contribution in [2.24, 2.45) is 0 Å². The Hall–Kier alpha value is -2.80. The first-order valence-electron chi connectivity index (χ1n) is 10.9. The standard InChI is InChI=1S/C26H33NO5S/c1-17-8-6-7-9-19(17)21-16-18(11-13-23(28)29)10-12-20(21)24(30)27-22(14-15-33-5)25(31)32-26(2,3)4/h6-10,12,16,22H,11,13-15H2,1-5H3,(H,27,30)(H,28,29)/t22-/m0/s1. The van der Waals surface area contributed by atoms with Crippen molar-refractivity contribution in [3.8, 4) is 11.1 Å². The quantitative estimate of drug-likeness (QED) is 0.480. The Morgan fingerprint density at radius 2 is 1.79 bits per heavy atom. The molecule has 1 amide bonds. The molecule has 0 radical (unpaired) electrons. The minimum Gasteiger partial charge on any atom is -0.481 e. The van der Waals surface area contributed by atoms with Crippen molar-refractivity contribution in [2.75, 3.05) is 12.0 Å². The Morgan fingerprint density at radius 3 is 2.39 bits per heavy atom. The van der Waals surface area contributed by atoms with Gasteiger partial charge in [0.05, 0.1) is 0 Å². The maximum atomic E-state index is 13.4. The van der Waals surface area contributed by atoms with Gasteiger partial charge in [-0.1, -0.05) is 36.4 Å². The predicted molar refractivity (Wildman–Crippen MR) is 133 cm³/mol. The van der Waals surface area contributed by atoms with Gasteiger partial charge in [-0.15, -0.1) is 0 Å². The Kier molecular flexibility index (Phi) is 9.53. The Balaban J connectivity index is 2.41. The first-order valence-corrected chi connectivity index (χ1v) is 12.3. The summed E-state index contributed by atoms with van der Waals surface area (Å²) in [5.41, 5.74) is 3.20. The number of aryl methyl sites for hydroxylation is 2. The average molecular weight is 472 g/mol.